The third-order valence-electron chi connectivity index (χ3n) is 2.28. The van der Waals surface area contributed by atoms with Crippen LogP contribution >= 0.6 is 12.4 Å². The summed E-state index contributed by atoms with van der Waals surface area (Å²) in [5, 5.41) is 0. The van der Waals surface area contributed by atoms with Crippen LogP contribution in [-0.2, 0) is 9.53 Å². The van der Waals surface area contributed by atoms with E-state index in [9.17, 15) is 4.79 Å². The van der Waals surface area contributed by atoms with Crippen LogP contribution in [-0.4, -0.2) is 24.2 Å². The lowest BCUT2D eigenvalue weighted by Crippen LogP contribution is -2.44. The quantitative estimate of drug-likeness (QED) is 0.530. The zero-order valence-electron chi connectivity index (χ0n) is 6.34. The molecule has 2 heterocycles. The lowest BCUT2D eigenvalue weighted by atomic mass is 9.89. The summed E-state index contributed by atoms with van der Waals surface area (Å²) in [6.45, 7) is 0. The standard InChI is InChI=1S/C7H10N2O2.ClH/c8-6-4-2-1-3(11-4)5(6)7(9)10;/h1-6H,8H2,(H2,9,10);1H. The molecule has 1 fully saturated rings. The number of ether oxygens (including phenoxy) is 1. The van der Waals surface area contributed by atoms with Gasteiger partial charge < -0.3 is 16.2 Å². The van der Waals surface area contributed by atoms with Gasteiger partial charge in [0, 0.05) is 6.04 Å². The molecule has 12 heavy (non-hydrogen) atoms. The molecule has 0 aromatic heterocycles. The predicted octanol–water partition coefficient (Wildman–Crippen LogP) is -0.826. The van der Waals surface area contributed by atoms with E-state index in [4.69, 9.17) is 16.2 Å². The van der Waals surface area contributed by atoms with E-state index in [0.717, 1.165) is 0 Å². The molecule has 0 aliphatic carbocycles. The Morgan fingerprint density at radius 3 is 2.25 bits per heavy atom. The summed E-state index contributed by atoms with van der Waals surface area (Å²) in [5.74, 6) is -0.695. The monoisotopic (exact) mass is 190 g/mol. The Hall–Kier alpha value is -0.580. The van der Waals surface area contributed by atoms with Gasteiger partial charge in [0.15, 0.2) is 0 Å². The van der Waals surface area contributed by atoms with E-state index >= 15 is 0 Å². The molecule has 4 atom stereocenters. The molecule has 1 saturated heterocycles. The Balaban J connectivity index is 0.000000720. The van der Waals surface area contributed by atoms with Crippen molar-refractivity contribution in [2.75, 3.05) is 0 Å². The fourth-order valence-electron chi connectivity index (χ4n) is 1.69. The number of primary amides is 1. The van der Waals surface area contributed by atoms with E-state index < -0.39 is 0 Å². The molecule has 4 nitrogen and oxygen atoms in total. The summed E-state index contributed by atoms with van der Waals surface area (Å²) in [5.41, 5.74) is 10.8. The largest absolute Gasteiger partial charge is 0.369 e. The molecule has 0 aromatic carbocycles. The van der Waals surface area contributed by atoms with E-state index in [1.807, 2.05) is 12.2 Å². The van der Waals surface area contributed by atoms with Crippen molar-refractivity contribution in [3.05, 3.63) is 12.2 Å². The zero-order chi connectivity index (χ0) is 8.01. The third-order valence-corrected chi connectivity index (χ3v) is 2.28. The second-order valence-corrected chi connectivity index (χ2v) is 2.96. The molecule has 68 valence electrons. The Morgan fingerprint density at radius 1 is 1.33 bits per heavy atom. The SMILES string of the molecule is Cl.NC(=O)C1C2C=CC(O2)C1N. The summed E-state index contributed by atoms with van der Waals surface area (Å²) in [6.07, 6.45) is 3.46. The van der Waals surface area contributed by atoms with Crippen LogP contribution in [0.15, 0.2) is 12.2 Å². The predicted molar refractivity (Wildman–Crippen MR) is 45.7 cm³/mol. The molecule has 2 aliphatic rings. The molecule has 2 aliphatic heterocycles. The third kappa shape index (κ3) is 1.12. The number of amides is 1. The summed E-state index contributed by atoms with van der Waals surface area (Å²) in [4.78, 5) is 10.8. The van der Waals surface area contributed by atoms with Crippen LogP contribution in [0.5, 0.6) is 0 Å². The molecular weight excluding hydrogens is 180 g/mol. The van der Waals surface area contributed by atoms with Gasteiger partial charge in [-0.05, 0) is 0 Å². The van der Waals surface area contributed by atoms with Gasteiger partial charge in [0.05, 0.1) is 18.1 Å². The smallest absolute Gasteiger partial charge is 0.225 e. The number of carbonyl (C=O) groups is 1. The summed E-state index contributed by atoms with van der Waals surface area (Å²) < 4.78 is 5.32. The van der Waals surface area contributed by atoms with Crippen LogP contribution in [0.2, 0.25) is 0 Å². The molecule has 2 rings (SSSR count). The normalized spacial score (nSPS) is 42.8. The van der Waals surface area contributed by atoms with Crippen LogP contribution in [0.4, 0.5) is 0 Å². The fourth-order valence-corrected chi connectivity index (χ4v) is 1.69. The highest BCUT2D eigenvalue weighted by Crippen LogP contribution is 2.32. The Kier molecular flexibility index (Phi) is 2.41. The molecule has 0 aromatic rings. The second kappa shape index (κ2) is 3.05. The maximum Gasteiger partial charge on any atom is 0.225 e. The Labute approximate surface area is 76.3 Å². The fraction of sp³-hybridized carbons (Fsp3) is 0.571. The first kappa shape index (κ1) is 9.51. The highest BCUT2D eigenvalue weighted by atomic mass is 35.5. The van der Waals surface area contributed by atoms with Gasteiger partial charge in [0.25, 0.3) is 0 Å². The zero-order valence-corrected chi connectivity index (χ0v) is 7.16. The molecular formula is C7H11ClN2O2. The number of hydrogen-bond acceptors (Lipinski definition) is 3. The first-order chi connectivity index (χ1) is 5.20. The van der Waals surface area contributed by atoms with Gasteiger partial charge >= 0.3 is 0 Å². The van der Waals surface area contributed by atoms with Crippen LogP contribution < -0.4 is 11.5 Å². The second-order valence-electron chi connectivity index (χ2n) is 2.96. The lowest BCUT2D eigenvalue weighted by molar-refractivity contribution is -0.122. The average molecular weight is 191 g/mol. The Morgan fingerprint density at radius 2 is 1.92 bits per heavy atom. The van der Waals surface area contributed by atoms with E-state index in [0.29, 0.717) is 0 Å². The van der Waals surface area contributed by atoms with Gasteiger partial charge in [-0.3, -0.25) is 4.79 Å². The maximum atomic E-state index is 10.8. The molecule has 4 N–H and O–H groups in total. The van der Waals surface area contributed by atoms with Crippen molar-refractivity contribution in [3.63, 3.8) is 0 Å². The van der Waals surface area contributed by atoms with Gasteiger partial charge in [0.1, 0.15) is 0 Å². The topological polar surface area (TPSA) is 78.3 Å². The number of carbonyl (C=O) groups excluding carboxylic acids is 1. The van der Waals surface area contributed by atoms with Gasteiger partial charge in [-0.1, -0.05) is 12.2 Å². The van der Waals surface area contributed by atoms with Crippen molar-refractivity contribution < 1.29 is 9.53 Å². The van der Waals surface area contributed by atoms with Crippen molar-refractivity contribution in [1.82, 2.24) is 0 Å². The molecule has 0 saturated carbocycles. The summed E-state index contributed by atoms with van der Waals surface area (Å²) in [6, 6.07) is -0.248. The number of fused-ring (bicyclic) bond motifs is 2. The van der Waals surface area contributed by atoms with Crippen LogP contribution in [0.25, 0.3) is 0 Å². The molecule has 1 amide bonds. The molecule has 5 heteroatoms. The summed E-state index contributed by atoms with van der Waals surface area (Å²) >= 11 is 0. The van der Waals surface area contributed by atoms with Crippen molar-refractivity contribution in [2.24, 2.45) is 17.4 Å². The molecule has 0 radical (unpaired) electrons. The molecule has 2 bridgehead atoms. The lowest BCUT2D eigenvalue weighted by Gasteiger charge is -2.17. The van der Waals surface area contributed by atoms with Crippen LogP contribution in [0.3, 0.4) is 0 Å². The van der Waals surface area contributed by atoms with Gasteiger partial charge in [-0.15, -0.1) is 12.4 Å². The number of nitrogens with two attached hydrogens (primary N) is 2. The first-order valence-corrected chi connectivity index (χ1v) is 3.59. The molecule has 4 unspecified atom stereocenters. The van der Waals surface area contributed by atoms with Crippen molar-refractivity contribution in [1.29, 1.82) is 0 Å². The van der Waals surface area contributed by atoms with E-state index in [2.05, 4.69) is 0 Å². The Bertz CT molecular complexity index is 231. The van der Waals surface area contributed by atoms with Crippen LogP contribution in [0, 0.1) is 5.92 Å². The van der Waals surface area contributed by atoms with Gasteiger partial charge in [-0.2, -0.15) is 0 Å². The van der Waals surface area contributed by atoms with Crippen molar-refractivity contribution >= 4 is 18.3 Å². The van der Waals surface area contributed by atoms with E-state index in [-0.39, 0.29) is 42.5 Å². The van der Waals surface area contributed by atoms with Gasteiger partial charge in [-0.25, -0.2) is 0 Å². The minimum Gasteiger partial charge on any atom is -0.369 e. The highest BCUT2D eigenvalue weighted by Gasteiger charge is 2.46. The number of hydrogen-bond donors (Lipinski definition) is 2. The maximum absolute atomic E-state index is 10.8. The van der Waals surface area contributed by atoms with Crippen molar-refractivity contribution in [3.8, 4) is 0 Å². The van der Waals surface area contributed by atoms with E-state index in [1.54, 1.807) is 0 Å². The average Bonchev–Trinajstić information content (AvgIpc) is 2.44. The number of halogens is 1. The highest BCUT2D eigenvalue weighted by molar-refractivity contribution is 5.85. The first-order valence-electron chi connectivity index (χ1n) is 3.59. The van der Waals surface area contributed by atoms with E-state index in [1.165, 1.54) is 0 Å². The van der Waals surface area contributed by atoms with Crippen LogP contribution in [0.1, 0.15) is 0 Å². The summed E-state index contributed by atoms with van der Waals surface area (Å²) in [7, 11) is 0. The van der Waals surface area contributed by atoms with Gasteiger partial charge in [0.2, 0.25) is 5.91 Å². The minimum absolute atomic E-state index is 0. The van der Waals surface area contributed by atoms with Crippen molar-refractivity contribution in [2.45, 2.75) is 18.2 Å². The molecule has 0 spiro atoms. The number of rotatable bonds is 1. The minimum atomic E-state index is -0.366.